The van der Waals surface area contributed by atoms with Crippen LogP contribution in [-0.4, -0.2) is 6.71 Å². The van der Waals surface area contributed by atoms with Crippen molar-refractivity contribution in [2.45, 2.75) is 6.82 Å². The van der Waals surface area contributed by atoms with E-state index in [1.165, 1.54) is 10.9 Å². The first-order valence-electron chi connectivity index (χ1n) is 5.08. The van der Waals surface area contributed by atoms with Crippen molar-refractivity contribution in [3.8, 4) is 0 Å². The lowest BCUT2D eigenvalue weighted by Crippen LogP contribution is -2.38. The zero-order valence-electron chi connectivity index (χ0n) is 8.65. The van der Waals surface area contributed by atoms with Gasteiger partial charge in [0.1, 0.15) is 0 Å². The largest absolute Gasteiger partial charge is 0.239 e. The predicted molar refractivity (Wildman–Crippen MR) is 68.8 cm³/mol. The summed E-state index contributed by atoms with van der Waals surface area (Å²) < 4.78 is 0. The van der Waals surface area contributed by atoms with Gasteiger partial charge in [-0.3, -0.25) is 0 Å². The lowest BCUT2D eigenvalue weighted by atomic mass is 9.43. The van der Waals surface area contributed by atoms with E-state index in [-0.39, 0.29) is 0 Å². The van der Waals surface area contributed by atoms with E-state index in [2.05, 4.69) is 43.2 Å². The van der Waals surface area contributed by atoms with E-state index in [4.69, 9.17) is 11.6 Å². The van der Waals surface area contributed by atoms with Gasteiger partial charge in [-0.15, -0.1) is 12.1 Å². The van der Waals surface area contributed by atoms with Gasteiger partial charge in [0.25, 0.3) is 0 Å². The van der Waals surface area contributed by atoms with E-state index in [9.17, 15) is 0 Å². The van der Waals surface area contributed by atoms with E-state index in [0.29, 0.717) is 6.71 Å². The molecule has 2 aromatic carbocycles. The number of benzene rings is 2. The first-order chi connectivity index (χ1) is 7.27. The maximum atomic E-state index is 5.86. The molecule has 0 aliphatic heterocycles. The van der Waals surface area contributed by atoms with Crippen molar-refractivity contribution in [3.63, 3.8) is 0 Å². The topological polar surface area (TPSA) is 0 Å². The minimum Gasteiger partial charge on any atom is -0.239 e. The van der Waals surface area contributed by atoms with Crippen LogP contribution in [0.2, 0.25) is 11.8 Å². The number of rotatable bonds is 2. The molecule has 0 N–H and O–H groups in total. The molecule has 2 heteroatoms. The smallest absolute Gasteiger partial charge is 0.0403 e. The molecule has 0 unspecified atom stereocenters. The second-order valence-corrected chi connectivity index (χ2v) is 4.12. The van der Waals surface area contributed by atoms with Gasteiger partial charge in [-0.25, -0.2) is 17.7 Å². The highest BCUT2D eigenvalue weighted by molar-refractivity contribution is 6.84. The lowest BCUT2D eigenvalue weighted by molar-refractivity contribution is 1.72. The second kappa shape index (κ2) is 4.54. The molecule has 0 saturated heterocycles. The van der Waals surface area contributed by atoms with Crippen molar-refractivity contribution >= 4 is 29.2 Å². The van der Waals surface area contributed by atoms with Gasteiger partial charge in [-0.2, -0.15) is 0 Å². The highest BCUT2D eigenvalue weighted by Gasteiger charge is 1.96. The fourth-order valence-corrected chi connectivity index (χ4v) is 1.81. The number of hydrogen-bond acceptors (Lipinski definition) is 0. The molecular weight excluding hydrogens is 202 g/mol. The first-order valence-corrected chi connectivity index (χ1v) is 5.45. The van der Waals surface area contributed by atoms with Crippen LogP contribution in [0.4, 0.5) is 0 Å². The molecule has 0 heterocycles. The fourth-order valence-electron chi connectivity index (χ4n) is 1.69. The van der Waals surface area contributed by atoms with Crippen LogP contribution in [0.1, 0.15) is 0 Å². The molecule has 0 atom stereocenters. The fraction of sp³-hybridized carbons (Fsp3) is 0.0769. The van der Waals surface area contributed by atoms with E-state index in [1.807, 2.05) is 18.2 Å². The normalized spacial score (nSPS) is 10.6. The summed E-state index contributed by atoms with van der Waals surface area (Å²) in [6, 6.07) is 18.5. The molecule has 0 saturated carbocycles. The Hall–Kier alpha value is -1.21. The van der Waals surface area contributed by atoms with Gasteiger partial charge in [0, 0.05) is 5.02 Å². The van der Waals surface area contributed by atoms with Crippen molar-refractivity contribution < 1.29 is 0 Å². The molecular formula is C13H12BCl-. The van der Waals surface area contributed by atoms with E-state index in [1.54, 1.807) is 0 Å². The standard InChI is InChI=1S/C13H12BCl/c1-14(11-5-3-2-4-6-11)12-7-9-13(15)10-8-12/h2-10H,1H3/q-1. The summed E-state index contributed by atoms with van der Waals surface area (Å²) in [6.07, 6.45) is 0. The van der Waals surface area contributed by atoms with Crippen LogP contribution < -0.4 is 10.9 Å². The molecule has 2 rings (SSSR count). The van der Waals surface area contributed by atoms with Gasteiger partial charge in [0.15, 0.2) is 0 Å². The van der Waals surface area contributed by atoms with Crippen molar-refractivity contribution in [1.82, 2.24) is 0 Å². The van der Waals surface area contributed by atoms with Crippen LogP contribution in [0.5, 0.6) is 0 Å². The third-order valence-corrected chi connectivity index (χ3v) is 2.92. The van der Waals surface area contributed by atoms with E-state index in [0.717, 1.165) is 5.02 Å². The maximum Gasteiger partial charge on any atom is 0.0403 e. The highest BCUT2D eigenvalue weighted by atomic mass is 35.5. The zero-order chi connectivity index (χ0) is 10.7. The molecule has 15 heavy (non-hydrogen) atoms. The van der Waals surface area contributed by atoms with Gasteiger partial charge >= 0.3 is 0 Å². The van der Waals surface area contributed by atoms with Gasteiger partial charge in [0.2, 0.25) is 0 Å². The Kier molecular flexibility index (Phi) is 3.12. The van der Waals surface area contributed by atoms with Gasteiger partial charge in [-0.1, -0.05) is 48.6 Å². The van der Waals surface area contributed by atoms with Crippen LogP contribution >= 0.6 is 11.6 Å². The minimum atomic E-state index is 0.420. The third-order valence-electron chi connectivity index (χ3n) is 2.67. The summed E-state index contributed by atoms with van der Waals surface area (Å²) in [6.45, 7) is 2.63. The Labute approximate surface area is 96.0 Å². The first kappa shape index (κ1) is 10.3. The summed E-state index contributed by atoms with van der Waals surface area (Å²) in [5, 5.41) is 0.791. The van der Waals surface area contributed by atoms with Crippen LogP contribution in [0.3, 0.4) is 0 Å². The summed E-state index contributed by atoms with van der Waals surface area (Å²) in [5.74, 6) is 0. The molecule has 0 aliphatic carbocycles. The summed E-state index contributed by atoms with van der Waals surface area (Å²) in [5.41, 5.74) is 2.63. The molecule has 0 aliphatic rings. The zero-order valence-corrected chi connectivity index (χ0v) is 9.41. The Morgan fingerprint density at radius 1 is 0.800 bits per heavy atom. The van der Waals surface area contributed by atoms with E-state index < -0.39 is 0 Å². The molecule has 0 amide bonds. The average molecular weight is 215 g/mol. The van der Waals surface area contributed by atoms with Crippen LogP contribution in [0, 0.1) is 0 Å². The van der Waals surface area contributed by atoms with Crippen LogP contribution in [-0.2, 0) is 0 Å². The Balaban J connectivity index is 2.29. The Morgan fingerprint density at radius 2 is 1.33 bits per heavy atom. The summed E-state index contributed by atoms with van der Waals surface area (Å²) >= 11 is 5.86. The maximum absolute atomic E-state index is 5.86. The lowest BCUT2D eigenvalue weighted by Gasteiger charge is -2.23. The highest BCUT2D eigenvalue weighted by Crippen LogP contribution is 2.04. The van der Waals surface area contributed by atoms with Crippen molar-refractivity contribution in [2.75, 3.05) is 0 Å². The molecule has 0 bridgehead atoms. The monoisotopic (exact) mass is 214 g/mol. The van der Waals surface area contributed by atoms with Crippen LogP contribution in [0.25, 0.3) is 0 Å². The molecule has 0 nitrogen and oxygen atoms in total. The average Bonchev–Trinajstić information content (AvgIpc) is 2.30. The third kappa shape index (κ3) is 2.43. The van der Waals surface area contributed by atoms with Gasteiger partial charge in [0.05, 0.1) is 0 Å². The summed E-state index contributed by atoms with van der Waals surface area (Å²) in [4.78, 5) is 0. The minimum absolute atomic E-state index is 0.420. The van der Waals surface area contributed by atoms with Crippen molar-refractivity contribution in [2.24, 2.45) is 0 Å². The predicted octanol–water partition coefficient (Wildman–Crippen LogP) is 2.58. The quantitative estimate of drug-likeness (QED) is 0.674. The number of hydrogen-bond donors (Lipinski definition) is 0. The Bertz CT molecular complexity index is 422. The molecule has 0 fully saturated rings. The Morgan fingerprint density at radius 3 is 1.93 bits per heavy atom. The van der Waals surface area contributed by atoms with Crippen molar-refractivity contribution in [1.29, 1.82) is 0 Å². The molecule has 75 valence electrons. The van der Waals surface area contributed by atoms with Gasteiger partial charge in [-0.05, 0) is 12.1 Å². The molecule has 0 spiro atoms. The second-order valence-electron chi connectivity index (χ2n) is 3.68. The van der Waals surface area contributed by atoms with E-state index >= 15 is 0 Å². The molecule has 1 radical (unpaired) electrons. The van der Waals surface area contributed by atoms with Crippen molar-refractivity contribution in [3.05, 3.63) is 59.6 Å². The molecule has 0 aromatic heterocycles. The molecule has 2 aromatic rings. The summed E-state index contributed by atoms with van der Waals surface area (Å²) in [7, 11) is 0. The number of halogens is 1. The van der Waals surface area contributed by atoms with Gasteiger partial charge < -0.3 is 0 Å². The van der Waals surface area contributed by atoms with Crippen LogP contribution in [0.15, 0.2) is 54.6 Å². The SMILES string of the molecule is C[B-](c1ccccc1)c1ccc(Cl)cc1.